The summed E-state index contributed by atoms with van der Waals surface area (Å²) in [5.74, 6) is 1.43. The van der Waals surface area contributed by atoms with Crippen LogP contribution >= 0.6 is 15.9 Å². The summed E-state index contributed by atoms with van der Waals surface area (Å²) in [6.07, 6.45) is 3.20. The Morgan fingerprint density at radius 3 is 3.19 bits per heavy atom. The molecule has 0 aliphatic carbocycles. The van der Waals surface area contributed by atoms with Crippen LogP contribution in [0.4, 0.5) is 0 Å². The third-order valence-corrected chi connectivity index (χ3v) is 4.79. The van der Waals surface area contributed by atoms with Crippen molar-refractivity contribution in [3.8, 4) is 5.75 Å². The Labute approximate surface area is 133 Å². The molecule has 2 atom stereocenters. The molecular formula is C16H21BrN2O2. The van der Waals surface area contributed by atoms with Crippen molar-refractivity contribution in [3.05, 3.63) is 27.7 Å². The summed E-state index contributed by atoms with van der Waals surface area (Å²) in [5.41, 5.74) is 2.27. The highest BCUT2D eigenvalue weighted by Crippen LogP contribution is 2.32. The molecule has 0 spiro atoms. The molecule has 0 aromatic heterocycles. The molecular weight excluding hydrogens is 332 g/mol. The van der Waals surface area contributed by atoms with Crippen LogP contribution in [0.5, 0.6) is 5.75 Å². The lowest BCUT2D eigenvalue weighted by molar-refractivity contribution is -0.125. The van der Waals surface area contributed by atoms with Crippen LogP contribution in [0.1, 0.15) is 30.9 Å². The molecule has 21 heavy (non-hydrogen) atoms. The normalized spacial score (nSPS) is 24.3. The van der Waals surface area contributed by atoms with Gasteiger partial charge in [-0.3, -0.25) is 4.79 Å². The molecule has 3 rings (SSSR count). The highest BCUT2D eigenvalue weighted by Gasteiger charge is 2.27. The van der Waals surface area contributed by atoms with Gasteiger partial charge in [0.15, 0.2) is 0 Å². The number of halogens is 1. The number of rotatable bonds is 3. The Balaban J connectivity index is 1.66. The zero-order chi connectivity index (χ0) is 14.8. The summed E-state index contributed by atoms with van der Waals surface area (Å²) < 4.78 is 6.74. The van der Waals surface area contributed by atoms with Crippen molar-refractivity contribution in [1.82, 2.24) is 10.6 Å². The second kappa shape index (κ2) is 6.36. The van der Waals surface area contributed by atoms with E-state index in [0.717, 1.165) is 48.2 Å². The molecule has 2 aliphatic heterocycles. The lowest BCUT2D eigenvalue weighted by atomic mass is 9.92. The minimum atomic E-state index is -0.0696. The van der Waals surface area contributed by atoms with Gasteiger partial charge in [-0.1, -0.05) is 22.9 Å². The molecule has 0 saturated carbocycles. The van der Waals surface area contributed by atoms with E-state index in [1.807, 2.05) is 6.07 Å². The first-order valence-electron chi connectivity index (χ1n) is 7.60. The van der Waals surface area contributed by atoms with Crippen LogP contribution in [-0.2, 0) is 17.8 Å². The molecule has 5 heteroatoms. The van der Waals surface area contributed by atoms with Crippen molar-refractivity contribution < 1.29 is 9.53 Å². The van der Waals surface area contributed by atoms with Gasteiger partial charge < -0.3 is 15.4 Å². The van der Waals surface area contributed by atoms with Crippen LogP contribution in [-0.4, -0.2) is 25.1 Å². The molecule has 2 aliphatic rings. The quantitative estimate of drug-likeness (QED) is 0.877. The van der Waals surface area contributed by atoms with Gasteiger partial charge in [0.1, 0.15) is 5.75 Å². The number of amides is 1. The van der Waals surface area contributed by atoms with Gasteiger partial charge in [0.2, 0.25) is 5.91 Å². The number of carbonyl (C=O) groups is 1. The maximum absolute atomic E-state index is 12.3. The standard InChI is InChI=1S/C16H21BrN2O2/c1-10-3-2-5-18-14(10)16(20)19-9-12-8-13(17)7-11-4-6-21-15(11)12/h7-8,10,14,18H,2-6,9H2,1H3,(H,19,20). The number of fused-ring (bicyclic) bond motifs is 1. The zero-order valence-corrected chi connectivity index (χ0v) is 13.8. The second-order valence-corrected chi connectivity index (χ2v) is 6.84. The maximum atomic E-state index is 12.3. The Bertz CT molecular complexity index is 547. The fourth-order valence-corrected chi connectivity index (χ4v) is 3.72. The van der Waals surface area contributed by atoms with Crippen LogP contribution in [0.15, 0.2) is 16.6 Å². The fraction of sp³-hybridized carbons (Fsp3) is 0.562. The van der Waals surface area contributed by atoms with Crippen molar-refractivity contribution in [2.75, 3.05) is 13.2 Å². The molecule has 2 heterocycles. The van der Waals surface area contributed by atoms with Crippen molar-refractivity contribution in [3.63, 3.8) is 0 Å². The average Bonchev–Trinajstić information content (AvgIpc) is 2.93. The van der Waals surface area contributed by atoms with Gasteiger partial charge in [0.05, 0.1) is 12.6 Å². The molecule has 0 bridgehead atoms. The van der Waals surface area contributed by atoms with Gasteiger partial charge in [0.25, 0.3) is 0 Å². The summed E-state index contributed by atoms with van der Waals surface area (Å²) in [7, 11) is 0. The molecule has 2 N–H and O–H groups in total. The number of hydrogen-bond acceptors (Lipinski definition) is 3. The van der Waals surface area contributed by atoms with E-state index in [1.54, 1.807) is 0 Å². The fourth-order valence-electron chi connectivity index (χ4n) is 3.17. The predicted molar refractivity (Wildman–Crippen MR) is 85.4 cm³/mol. The number of hydrogen-bond donors (Lipinski definition) is 2. The number of carbonyl (C=O) groups excluding carboxylic acids is 1. The van der Waals surface area contributed by atoms with Crippen LogP contribution in [0, 0.1) is 5.92 Å². The van der Waals surface area contributed by atoms with Crippen molar-refractivity contribution >= 4 is 21.8 Å². The second-order valence-electron chi connectivity index (χ2n) is 5.92. The summed E-state index contributed by atoms with van der Waals surface area (Å²) in [6, 6.07) is 4.06. The number of benzene rings is 1. The van der Waals surface area contributed by atoms with E-state index in [-0.39, 0.29) is 11.9 Å². The minimum Gasteiger partial charge on any atom is -0.493 e. The first-order chi connectivity index (χ1) is 10.1. The summed E-state index contributed by atoms with van der Waals surface area (Å²) in [6.45, 7) is 4.31. The molecule has 1 amide bonds. The Morgan fingerprint density at radius 2 is 2.38 bits per heavy atom. The lowest BCUT2D eigenvalue weighted by Gasteiger charge is -2.29. The predicted octanol–water partition coefficient (Wildman–Crippen LogP) is 2.39. The Morgan fingerprint density at radius 1 is 1.52 bits per heavy atom. The van der Waals surface area contributed by atoms with Gasteiger partial charge >= 0.3 is 0 Å². The van der Waals surface area contributed by atoms with Crippen LogP contribution in [0.2, 0.25) is 0 Å². The van der Waals surface area contributed by atoms with E-state index in [1.165, 1.54) is 5.56 Å². The highest BCUT2D eigenvalue weighted by molar-refractivity contribution is 9.10. The van der Waals surface area contributed by atoms with E-state index in [4.69, 9.17) is 4.74 Å². The van der Waals surface area contributed by atoms with Crippen molar-refractivity contribution in [2.45, 2.75) is 38.8 Å². The first kappa shape index (κ1) is 14.9. The third-order valence-electron chi connectivity index (χ3n) is 4.33. The molecule has 1 fully saturated rings. The third kappa shape index (κ3) is 3.24. The van der Waals surface area contributed by atoms with Crippen LogP contribution in [0.3, 0.4) is 0 Å². The number of nitrogens with one attached hydrogen (secondary N) is 2. The maximum Gasteiger partial charge on any atom is 0.237 e. The van der Waals surface area contributed by atoms with E-state index in [9.17, 15) is 4.79 Å². The Kier molecular flexibility index (Phi) is 4.50. The lowest BCUT2D eigenvalue weighted by Crippen LogP contribution is -2.50. The molecule has 4 nitrogen and oxygen atoms in total. The molecule has 0 radical (unpaired) electrons. The average molecular weight is 353 g/mol. The summed E-state index contributed by atoms with van der Waals surface area (Å²) >= 11 is 3.53. The van der Waals surface area contributed by atoms with E-state index >= 15 is 0 Å². The molecule has 1 aromatic rings. The monoisotopic (exact) mass is 352 g/mol. The van der Waals surface area contributed by atoms with E-state index in [2.05, 4.69) is 39.6 Å². The zero-order valence-electron chi connectivity index (χ0n) is 12.2. The largest absolute Gasteiger partial charge is 0.493 e. The SMILES string of the molecule is CC1CCCNC1C(=O)NCc1cc(Br)cc2c1OCC2. The van der Waals surface area contributed by atoms with Gasteiger partial charge in [0, 0.05) is 23.0 Å². The molecule has 1 aromatic carbocycles. The van der Waals surface area contributed by atoms with Crippen LogP contribution < -0.4 is 15.4 Å². The van der Waals surface area contributed by atoms with Crippen LogP contribution in [0.25, 0.3) is 0 Å². The van der Waals surface area contributed by atoms with Gasteiger partial charge in [-0.05, 0) is 43.0 Å². The van der Waals surface area contributed by atoms with Gasteiger partial charge in [-0.2, -0.15) is 0 Å². The van der Waals surface area contributed by atoms with Crippen molar-refractivity contribution in [2.24, 2.45) is 5.92 Å². The Hall–Kier alpha value is -1.07. The number of piperidine rings is 1. The van der Waals surface area contributed by atoms with Gasteiger partial charge in [-0.25, -0.2) is 0 Å². The molecule has 114 valence electrons. The number of ether oxygens (including phenoxy) is 1. The molecule has 2 unspecified atom stereocenters. The molecule has 1 saturated heterocycles. The highest BCUT2D eigenvalue weighted by atomic mass is 79.9. The first-order valence-corrected chi connectivity index (χ1v) is 8.39. The summed E-state index contributed by atoms with van der Waals surface area (Å²) in [5, 5.41) is 6.37. The topological polar surface area (TPSA) is 50.4 Å². The smallest absolute Gasteiger partial charge is 0.237 e. The minimum absolute atomic E-state index is 0.0696. The summed E-state index contributed by atoms with van der Waals surface area (Å²) in [4.78, 5) is 12.3. The van der Waals surface area contributed by atoms with E-state index < -0.39 is 0 Å². The van der Waals surface area contributed by atoms with Crippen molar-refractivity contribution in [1.29, 1.82) is 0 Å². The van der Waals surface area contributed by atoms with Gasteiger partial charge in [-0.15, -0.1) is 0 Å². The van der Waals surface area contributed by atoms with E-state index in [0.29, 0.717) is 12.5 Å².